The van der Waals surface area contributed by atoms with E-state index in [1.165, 1.54) is 10.2 Å². The van der Waals surface area contributed by atoms with E-state index < -0.39 is 0 Å². The average molecular weight is 384 g/mol. The molecule has 0 radical (unpaired) electrons. The van der Waals surface area contributed by atoms with Crippen molar-refractivity contribution in [2.24, 2.45) is 5.10 Å². The third-order valence-corrected chi connectivity index (χ3v) is 4.40. The molecule has 0 aliphatic carbocycles. The molecule has 0 amide bonds. The molecule has 0 aliphatic rings. The number of fused-ring (bicyclic) bond motifs is 1. The standard InChI is InChI=1S/C19H18BrN3O/c1-3-13-5-7-14(8-6-13)12-21-23-18(4-2)22-17-10-9-15(20)11-16(17)19(23)24/h5-12H,3-4H2,1-2H3. The number of halogens is 1. The first-order chi connectivity index (χ1) is 11.6. The fourth-order valence-corrected chi connectivity index (χ4v) is 2.87. The Hall–Kier alpha value is -2.27. The molecule has 122 valence electrons. The van der Waals surface area contributed by atoms with Gasteiger partial charge in [-0.1, -0.05) is 54.0 Å². The molecule has 0 N–H and O–H groups in total. The molecule has 1 heterocycles. The van der Waals surface area contributed by atoms with Gasteiger partial charge in [0.25, 0.3) is 5.56 Å². The van der Waals surface area contributed by atoms with Crippen LogP contribution < -0.4 is 5.56 Å². The van der Waals surface area contributed by atoms with Crippen LogP contribution in [0.3, 0.4) is 0 Å². The molecule has 2 aromatic carbocycles. The molecule has 0 bridgehead atoms. The normalized spacial score (nSPS) is 11.5. The Morgan fingerprint density at radius 3 is 2.54 bits per heavy atom. The van der Waals surface area contributed by atoms with E-state index in [2.05, 4.69) is 45.1 Å². The van der Waals surface area contributed by atoms with Gasteiger partial charge < -0.3 is 0 Å². The summed E-state index contributed by atoms with van der Waals surface area (Å²) in [5, 5.41) is 4.94. The number of aromatic nitrogens is 2. The van der Waals surface area contributed by atoms with Crippen molar-refractivity contribution in [3.05, 3.63) is 74.2 Å². The van der Waals surface area contributed by atoms with Crippen molar-refractivity contribution in [1.29, 1.82) is 0 Å². The molecule has 0 atom stereocenters. The van der Waals surface area contributed by atoms with Gasteiger partial charge in [-0.3, -0.25) is 4.79 Å². The van der Waals surface area contributed by atoms with Gasteiger partial charge in [0, 0.05) is 10.9 Å². The molecule has 0 saturated heterocycles. The zero-order chi connectivity index (χ0) is 17.1. The maximum atomic E-state index is 12.8. The fourth-order valence-electron chi connectivity index (χ4n) is 2.51. The van der Waals surface area contributed by atoms with Crippen molar-refractivity contribution in [2.75, 3.05) is 0 Å². The van der Waals surface area contributed by atoms with Crippen LogP contribution in [0.2, 0.25) is 0 Å². The average Bonchev–Trinajstić information content (AvgIpc) is 2.61. The number of nitrogens with zero attached hydrogens (tertiary/aromatic N) is 3. The third kappa shape index (κ3) is 3.31. The van der Waals surface area contributed by atoms with Gasteiger partial charge in [0.05, 0.1) is 17.1 Å². The molecule has 0 saturated carbocycles. The van der Waals surface area contributed by atoms with Crippen LogP contribution in [0.4, 0.5) is 0 Å². The van der Waals surface area contributed by atoms with E-state index in [1.54, 1.807) is 12.3 Å². The molecular formula is C19H18BrN3O. The Bertz CT molecular complexity index is 959. The summed E-state index contributed by atoms with van der Waals surface area (Å²) >= 11 is 3.40. The molecular weight excluding hydrogens is 366 g/mol. The van der Waals surface area contributed by atoms with Crippen LogP contribution in [-0.2, 0) is 12.8 Å². The van der Waals surface area contributed by atoms with Crippen LogP contribution >= 0.6 is 15.9 Å². The Balaban J connectivity index is 2.08. The highest BCUT2D eigenvalue weighted by molar-refractivity contribution is 9.10. The molecule has 0 aliphatic heterocycles. The van der Waals surface area contributed by atoms with E-state index in [9.17, 15) is 4.79 Å². The lowest BCUT2D eigenvalue weighted by molar-refractivity contribution is 0.734. The van der Waals surface area contributed by atoms with Gasteiger partial charge in [0.2, 0.25) is 0 Å². The second-order valence-electron chi connectivity index (χ2n) is 5.50. The zero-order valence-corrected chi connectivity index (χ0v) is 15.2. The van der Waals surface area contributed by atoms with Crippen LogP contribution in [0.15, 0.2) is 56.8 Å². The van der Waals surface area contributed by atoms with E-state index in [-0.39, 0.29) is 5.56 Å². The molecule has 3 rings (SSSR count). The predicted octanol–water partition coefficient (Wildman–Crippen LogP) is 4.17. The Morgan fingerprint density at radius 1 is 1.12 bits per heavy atom. The molecule has 1 aromatic heterocycles. The molecule has 24 heavy (non-hydrogen) atoms. The Labute approximate surface area is 149 Å². The summed E-state index contributed by atoms with van der Waals surface area (Å²) in [4.78, 5) is 17.3. The summed E-state index contributed by atoms with van der Waals surface area (Å²) < 4.78 is 2.24. The number of rotatable bonds is 4. The molecule has 4 nitrogen and oxygen atoms in total. The topological polar surface area (TPSA) is 47.2 Å². The maximum Gasteiger partial charge on any atom is 0.282 e. The largest absolute Gasteiger partial charge is 0.282 e. The van der Waals surface area contributed by atoms with Gasteiger partial charge in [-0.15, -0.1) is 0 Å². The van der Waals surface area contributed by atoms with E-state index in [0.29, 0.717) is 23.1 Å². The molecule has 3 aromatic rings. The minimum absolute atomic E-state index is 0.153. The summed E-state index contributed by atoms with van der Waals surface area (Å²) in [6.07, 6.45) is 3.33. The van der Waals surface area contributed by atoms with Crippen LogP contribution in [0.25, 0.3) is 10.9 Å². The summed E-state index contributed by atoms with van der Waals surface area (Å²) in [7, 11) is 0. The van der Waals surface area contributed by atoms with Gasteiger partial charge in [-0.25, -0.2) is 4.98 Å². The van der Waals surface area contributed by atoms with Crippen LogP contribution in [-0.4, -0.2) is 15.9 Å². The number of benzene rings is 2. The van der Waals surface area contributed by atoms with Crippen molar-refractivity contribution < 1.29 is 0 Å². The summed E-state index contributed by atoms with van der Waals surface area (Å²) in [6.45, 7) is 4.09. The van der Waals surface area contributed by atoms with Crippen molar-refractivity contribution >= 4 is 33.0 Å². The lowest BCUT2D eigenvalue weighted by Crippen LogP contribution is -2.22. The highest BCUT2D eigenvalue weighted by Gasteiger charge is 2.09. The smallest absolute Gasteiger partial charge is 0.267 e. The quantitative estimate of drug-likeness (QED) is 0.634. The molecule has 0 unspecified atom stereocenters. The fraction of sp³-hybridized carbons (Fsp3) is 0.211. The van der Waals surface area contributed by atoms with Crippen molar-refractivity contribution in [3.8, 4) is 0 Å². The van der Waals surface area contributed by atoms with E-state index in [4.69, 9.17) is 0 Å². The molecule has 0 spiro atoms. The lowest BCUT2D eigenvalue weighted by Gasteiger charge is -2.07. The number of hydrogen-bond donors (Lipinski definition) is 0. The van der Waals surface area contributed by atoms with Gasteiger partial charge in [0.1, 0.15) is 5.82 Å². The van der Waals surface area contributed by atoms with Gasteiger partial charge >= 0.3 is 0 Å². The second-order valence-corrected chi connectivity index (χ2v) is 6.42. The summed E-state index contributed by atoms with van der Waals surface area (Å²) in [6, 6.07) is 13.7. The van der Waals surface area contributed by atoms with Crippen molar-refractivity contribution in [1.82, 2.24) is 9.66 Å². The maximum absolute atomic E-state index is 12.8. The first-order valence-electron chi connectivity index (χ1n) is 7.97. The minimum Gasteiger partial charge on any atom is -0.267 e. The predicted molar refractivity (Wildman–Crippen MR) is 102 cm³/mol. The molecule has 5 heteroatoms. The molecule has 0 fully saturated rings. The second kappa shape index (κ2) is 7.09. The Kier molecular flexibility index (Phi) is 4.90. The highest BCUT2D eigenvalue weighted by atomic mass is 79.9. The monoisotopic (exact) mass is 383 g/mol. The third-order valence-electron chi connectivity index (χ3n) is 3.90. The number of hydrogen-bond acceptors (Lipinski definition) is 3. The van der Waals surface area contributed by atoms with Crippen molar-refractivity contribution in [3.63, 3.8) is 0 Å². The van der Waals surface area contributed by atoms with Gasteiger partial charge in [-0.05, 0) is 35.7 Å². The lowest BCUT2D eigenvalue weighted by atomic mass is 10.1. The van der Waals surface area contributed by atoms with Crippen LogP contribution in [0, 0.1) is 0 Å². The SMILES string of the molecule is CCc1ccc(C=Nn2c(CC)nc3ccc(Br)cc3c2=O)cc1. The summed E-state index contributed by atoms with van der Waals surface area (Å²) in [5.74, 6) is 0.649. The van der Waals surface area contributed by atoms with Crippen LogP contribution in [0.5, 0.6) is 0 Å². The summed E-state index contributed by atoms with van der Waals surface area (Å²) in [5.41, 5.74) is 2.77. The van der Waals surface area contributed by atoms with Crippen LogP contribution in [0.1, 0.15) is 30.8 Å². The van der Waals surface area contributed by atoms with Gasteiger partial charge in [-0.2, -0.15) is 9.78 Å². The zero-order valence-electron chi connectivity index (χ0n) is 13.7. The Morgan fingerprint density at radius 2 is 1.88 bits per heavy atom. The van der Waals surface area contributed by atoms with Gasteiger partial charge in [0.15, 0.2) is 0 Å². The highest BCUT2D eigenvalue weighted by Crippen LogP contribution is 2.16. The van der Waals surface area contributed by atoms with Crippen molar-refractivity contribution in [2.45, 2.75) is 26.7 Å². The first-order valence-corrected chi connectivity index (χ1v) is 8.76. The minimum atomic E-state index is -0.153. The first kappa shape index (κ1) is 16.6. The van der Waals surface area contributed by atoms with E-state index in [1.807, 2.05) is 31.2 Å². The van der Waals surface area contributed by atoms with E-state index >= 15 is 0 Å². The number of aryl methyl sites for hydroxylation is 2. The van der Waals surface area contributed by atoms with E-state index in [0.717, 1.165) is 16.5 Å².